The minimum atomic E-state index is 0.137. The fourth-order valence-corrected chi connectivity index (χ4v) is 1.28. The van der Waals surface area contributed by atoms with Crippen LogP contribution in [0.2, 0.25) is 0 Å². The van der Waals surface area contributed by atoms with Gasteiger partial charge in [0, 0.05) is 18.0 Å². The van der Waals surface area contributed by atoms with Crippen molar-refractivity contribution in [2.24, 2.45) is 4.99 Å². The van der Waals surface area contributed by atoms with E-state index >= 15 is 0 Å². The molecule has 2 aromatic rings. The van der Waals surface area contributed by atoms with E-state index in [1.165, 1.54) is 11.8 Å². The van der Waals surface area contributed by atoms with Crippen molar-refractivity contribution in [3.63, 3.8) is 0 Å². The highest BCUT2D eigenvalue weighted by Gasteiger charge is 1.95. The van der Waals surface area contributed by atoms with Gasteiger partial charge in [-0.25, -0.2) is 0 Å². The second-order valence-electron chi connectivity index (χ2n) is 3.53. The SMILES string of the molecule is Cc1ccc(N=Cc2ccncc2O)cc1. The average Bonchev–Trinajstić information content (AvgIpc) is 2.30. The third kappa shape index (κ3) is 2.45. The number of pyridine rings is 1. The molecule has 0 saturated heterocycles. The lowest BCUT2D eigenvalue weighted by Crippen LogP contribution is -1.82. The lowest BCUT2D eigenvalue weighted by atomic mass is 10.2. The molecule has 0 fully saturated rings. The number of benzene rings is 1. The molecule has 0 aliphatic carbocycles. The van der Waals surface area contributed by atoms with Crippen LogP contribution in [-0.2, 0) is 0 Å². The van der Waals surface area contributed by atoms with Gasteiger partial charge in [-0.05, 0) is 25.1 Å². The maximum absolute atomic E-state index is 9.48. The Morgan fingerprint density at radius 3 is 2.62 bits per heavy atom. The van der Waals surface area contributed by atoms with Crippen molar-refractivity contribution in [2.45, 2.75) is 6.92 Å². The Hall–Kier alpha value is -2.16. The molecule has 80 valence electrons. The van der Waals surface area contributed by atoms with Crippen molar-refractivity contribution in [3.05, 3.63) is 53.9 Å². The predicted molar refractivity (Wildman–Crippen MR) is 64.3 cm³/mol. The molecule has 0 aliphatic rings. The molecule has 16 heavy (non-hydrogen) atoms. The maximum atomic E-state index is 9.48. The minimum Gasteiger partial charge on any atom is -0.506 e. The van der Waals surface area contributed by atoms with Gasteiger partial charge in [0.2, 0.25) is 0 Å². The summed E-state index contributed by atoms with van der Waals surface area (Å²) in [5, 5.41) is 9.48. The summed E-state index contributed by atoms with van der Waals surface area (Å²) in [6, 6.07) is 9.58. The molecule has 0 bridgehead atoms. The second-order valence-corrected chi connectivity index (χ2v) is 3.53. The lowest BCUT2D eigenvalue weighted by molar-refractivity contribution is 0.472. The van der Waals surface area contributed by atoms with E-state index in [1.807, 2.05) is 31.2 Å². The molecule has 3 heteroatoms. The summed E-state index contributed by atoms with van der Waals surface area (Å²) in [5.74, 6) is 0.137. The molecule has 0 saturated carbocycles. The van der Waals surface area contributed by atoms with Crippen LogP contribution in [0.4, 0.5) is 5.69 Å². The molecule has 0 spiro atoms. The second kappa shape index (κ2) is 4.57. The first-order valence-electron chi connectivity index (χ1n) is 4.99. The number of hydrogen-bond acceptors (Lipinski definition) is 3. The number of rotatable bonds is 2. The van der Waals surface area contributed by atoms with Gasteiger partial charge in [-0.15, -0.1) is 0 Å². The molecular formula is C13H12N2O. The Kier molecular flexibility index (Phi) is 2.96. The van der Waals surface area contributed by atoms with E-state index in [4.69, 9.17) is 0 Å². The fourth-order valence-electron chi connectivity index (χ4n) is 1.28. The van der Waals surface area contributed by atoms with Crippen LogP contribution in [0.25, 0.3) is 0 Å². The number of aryl methyl sites for hydroxylation is 1. The Morgan fingerprint density at radius 2 is 1.94 bits per heavy atom. The Bertz CT molecular complexity index is 504. The van der Waals surface area contributed by atoms with E-state index < -0.39 is 0 Å². The highest BCUT2D eigenvalue weighted by molar-refractivity contribution is 5.84. The van der Waals surface area contributed by atoms with E-state index in [1.54, 1.807) is 18.5 Å². The quantitative estimate of drug-likeness (QED) is 0.778. The van der Waals surface area contributed by atoms with Gasteiger partial charge in [0.1, 0.15) is 5.75 Å². The number of aromatic hydroxyl groups is 1. The zero-order chi connectivity index (χ0) is 11.4. The molecule has 0 radical (unpaired) electrons. The molecular weight excluding hydrogens is 200 g/mol. The van der Waals surface area contributed by atoms with E-state index in [0.717, 1.165) is 5.69 Å². The summed E-state index contributed by atoms with van der Waals surface area (Å²) >= 11 is 0. The van der Waals surface area contributed by atoms with Crippen LogP contribution < -0.4 is 0 Å². The Morgan fingerprint density at radius 1 is 1.19 bits per heavy atom. The lowest BCUT2D eigenvalue weighted by Gasteiger charge is -1.97. The zero-order valence-corrected chi connectivity index (χ0v) is 8.96. The van der Waals surface area contributed by atoms with Crippen molar-refractivity contribution >= 4 is 11.9 Å². The topological polar surface area (TPSA) is 45.5 Å². The first kappa shape index (κ1) is 10.4. The monoisotopic (exact) mass is 212 g/mol. The molecule has 0 unspecified atom stereocenters. The van der Waals surface area contributed by atoms with Crippen LogP contribution in [0.5, 0.6) is 5.75 Å². The fraction of sp³-hybridized carbons (Fsp3) is 0.0769. The van der Waals surface area contributed by atoms with Gasteiger partial charge < -0.3 is 5.11 Å². The number of aromatic nitrogens is 1. The van der Waals surface area contributed by atoms with Gasteiger partial charge in [0.15, 0.2) is 0 Å². The van der Waals surface area contributed by atoms with E-state index in [-0.39, 0.29) is 5.75 Å². The third-order valence-electron chi connectivity index (χ3n) is 2.22. The molecule has 1 N–H and O–H groups in total. The van der Waals surface area contributed by atoms with Crippen molar-refractivity contribution < 1.29 is 5.11 Å². The van der Waals surface area contributed by atoms with Gasteiger partial charge in [-0.2, -0.15) is 0 Å². The van der Waals surface area contributed by atoms with Crippen molar-refractivity contribution in [2.75, 3.05) is 0 Å². The van der Waals surface area contributed by atoms with Gasteiger partial charge in [0.05, 0.1) is 11.9 Å². The van der Waals surface area contributed by atoms with Gasteiger partial charge in [-0.1, -0.05) is 17.7 Å². The molecule has 1 aromatic heterocycles. The summed E-state index contributed by atoms with van der Waals surface area (Å²) in [5.41, 5.74) is 2.73. The van der Waals surface area contributed by atoms with Crippen LogP contribution in [0.3, 0.4) is 0 Å². The minimum absolute atomic E-state index is 0.137. The van der Waals surface area contributed by atoms with E-state index in [0.29, 0.717) is 5.56 Å². The van der Waals surface area contributed by atoms with Crippen LogP contribution in [0, 0.1) is 6.92 Å². The number of nitrogens with zero attached hydrogens (tertiary/aromatic N) is 2. The average molecular weight is 212 g/mol. The third-order valence-corrected chi connectivity index (χ3v) is 2.22. The van der Waals surface area contributed by atoms with Crippen LogP contribution in [-0.4, -0.2) is 16.3 Å². The molecule has 0 amide bonds. The standard InChI is InChI=1S/C13H12N2O/c1-10-2-4-12(5-3-10)15-8-11-6-7-14-9-13(11)16/h2-9,16H,1H3. The van der Waals surface area contributed by atoms with Gasteiger partial charge >= 0.3 is 0 Å². The first-order chi connectivity index (χ1) is 7.75. The van der Waals surface area contributed by atoms with Crippen molar-refractivity contribution in [3.8, 4) is 5.75 Å². The normalized spacial score (nSPS) is 10.8. The molecule has 3 nitrogen and oxygen atoms in total. The molecule has 1 heterocycles. The first-order valence-corrected chi connectivity index (χ1v) is 4.99. The summed E-state index contributed by atoms with van der Waals surface area (Å²) in [6.45, 7) is 2.03. The van der Waals surface area contributed by atoms with Crippen LogP contribution >= 0.6 is 0 Å². The maximum Gasteiger partial charge on any atom is 0.142 e. The van der Waals surface area contributed by atoms with Crippen molar-refractivity contribution in [1.82, 2.24) is 4.98 Å². The Balaban J connectivity index is 2.21. The molecule has 2 rings (SSSR count). The van der Waals surface area contributed by atoms with Crippen LogP contribution in [0.1, 0.15) is 11.1 Å². The predicted octanol–water partition coefficient (Wildman–Crippen LogP) is 2.85. The largest absolute Gasteiger partial charge is 0.506 e. The summed E-state index contributed by atoms with van der Waals surface area (Å²) in [7, 11) is 0. The van der Waals surface area contributed by atoms with Gasteiger partial charge in [-0.3, -0.25) is 9.98 Å². The molecule has 0 aliphatic heterocycles. The van der Waals surface area contributed by atoms with Crippen molar-refractivity contribution in [1.29, 1.82) is 0 Å². The van der Waals surface area contributed by atoms with Gasteiger partial charge in [0.25, 0.3) is 0 Å². The smallest absolute Gasteiger partial charge is 0.142 e. The highest BCUT2D eigenvalue weighted by Crippen LogP contribution is 2.15. The highest BCUT2D eigenvalue weighted by atomic mass is 16.3. The number of aliphatic imine (C=N–C) groups is 1. The van der Waals surface area contributed by atoms with E-state index in [9.17, 15) is 5.11 Å². The zero-order valence-electron chi connectivity index (χ0n) is 8.96. The van der Waals surface area contributed by atoms with Crippen LogP contribution in [0.15, 0.2) is 47.7 Å². The number of hydrogen-bond donors (Lipinski definition) is 1. The summed E-state index contributed by atoms with van der Waals surface area (Å²) in [4.78, 5) is 8.07. The molecule has 0 atom stereocenters. The summed E-state index contributed by atoms with van der Waals surface area (Å²) in [6.07, 6.45) is 4.65. The summed E-state index contributed by atoms with van der Waals surface area (Å²) < 4.78 is 0. The molecule has 1 aromatic carbocycles. The van der Waals surface area contributed by atoms with E-state index in [2.05, 4.69) is 9.98 Å². The Labute approximate surface area is 94.1 Å².